The molecule has 0 spiro atoms. The topological polar surface area (TPSA) is 40.5 Å². The molecule has 0 aromatic heterocycles. The van der Waals surface area contributed by atoms with Crippen molar-refractivity contribution in [2.75, 3.05) is 13.1 Å². The van der Waals surface area contributed by atoms with Gasteiger partial charge in [0.2, 0.25) is 0 Å². The largest absolute Gasteiger partial charge is 0.480 e. The third-order valence-electron chi connectivity index (χ3n) is 3.82. The van der Waals surface area contributed by atoms with Gasteiger partial charge in [0.25, 0.3) is 0 Å². The summed E-state index contributed by atoms with van der Waals surface area (Å²) < 4.78 is 0. The highest BCUT2D eigenvalue weighted by Gasteiger charge is 2.42. The molecule has 1 fully saturated rings. The molecule has 0 aromatic rings. The van der Waals surface area contributed by atoms with Crippen LogP contribution in [-0.4, -0.2) is 34.6 Å². The van der Waals surface area contributed by atoms with E-state index in [0.717, 1.165) is 25.9 Å². The fraction of sp³-hybridized carbons (Fsp3) is 0.917. The number of likely N-dealkylation sites (tertiary alicyclic amines) is 1. The molecule has 0 aromatic carbocycles. The predicted octanol–water partition coefficient (Wildman–Crippen LogP) is 2.36. The van der Waals surface area contributed by atoms with Gasteiger partial charge in [0.05, 0.1) is 0 Å². The van der Waals surface area contributed by atoms with Crippen LogP contribution in [0, 0.1) is 5.92 Å². The molecule has 1 aliphatic rings. The first kappa shape index (κ1) is 12.5. The number of rotatable bonds is 3. The minimum Gasteiger partial charge on any atom is -0.480 e. The maximum atomic E-state index is 11.4. The van der Waals surface area contributed by atoms with Gasteiger partial charge in [-0.25, -0.2) is 0 Å². The Balaban J connectivity index is 2.82. The number of carbonyl (C=O) groups is 1. The van der Waals surface area contributed by atoms with E-state index in [9.17, 15) is 9.90 Å². The van der Waals surface area contributed by atoms with Crippen LogP contribution in [0.25, 0.3) is 0 Å². The van der Waals surface area contributed by atoms with Gasteiger partial charge < -0.3 is 5.11 Å². The Morgan fingerprint density at radius 2 is 1.67 bits per heavy atom. The van der Waals surface area contributed by atoms with Gasteiger partial charge in [-0.2, -0.15) is 0 Å². The van der Waals surface area contributed by atoms with E-state index in [1.165, 1.54) is 12.8 Å². The van der Waals surface area contributed by atoms with Gasteiger partial charge in [0.15, 0.2) is 0 Å². The molecule has 0 bridgehead atoms. The fourth-order valence-corrected chi connectivity index (χ4v) is 2.28. The Bertz CT molecular complexity index is 220. The van der Waals surface area contributed by atoms with Crippen LogP contribution in [0.3, 0.4) is 0 Å². The first-order valence-corrected chi connectivity index (χ1v) is 5.98. The van der Waals surface area contributed by atoms with Crippen LogP contribution in [0.1, 0.15) is 46.5 Å². The third kappa shape index (κ3) is 2.51. The molecule has 1 unspecified atom stereocenters. The molecular weight excluding hydrogens is 190 g/mol. The molecule has 1 saturated heterocycles. The molecule has 1 N–H and O–H groups in total. The summed E-state index contributed by atoms with van der Waals surface area (Å²) in [5.41, 5.74) is -0.690. The zero-order valence-corrected chi connectivity index (χ0v) is 10.1. The van der Waals surface area contributed by atoms with Gasteiger partial charge in [-0.15, -0.1) is 0 Å². The summed E-state index contributed by atoms with van der Waals surface area (Å²) in [6, 6.07) is 0. The van der Waals surface area contributed by atoms with Gasteiger partial charge in [0.1, 0.15) is 5.54 Å². The van der Waals surface area contributed by atoms with E-state index in [4.69, 9.17) is 0 Å². The molecule has 1 heterocycles. The number of carboxylic acid groups (broad SMARTS) is 1. The minimum atomic E-state index is -0.690. The molecule has 3 nitrogen and oxygen atoms in total. The monoisotopic (exact) mass is 213 g/mol. The minimum absolute atomic E-state index is 0.146. The van der Waals surface area contributed by atoms with Crippen LogP contribution in [0.5, 0.6) is 0 Å². The zero-order valence-electron chi connectivity index (χ0n) is 10.1. The van der Waals surface area contributed by atoms with E-state index in [1.807, 2.05) is 20.8 Å². The number of nitrogens with zero attached hydrogens (tertiary/aromatic N) is 1. The standard InChI is InChI=1S/C12H23NO2/c1-10(2)12(3,11(14)15)13-8-6-4-5-7-9-13/h10H,4-9H2,1-3H3,(H,14,15). The lowest BCUT2D eigenvalue weighted by Gasteiger charge is -2.40. The SMILES string of the molecule is CC(C)C(C)(C(=O)O)N1CCCCCC1. The van der Waals surface area contributed by atoms with Crippen LogP contribution >= 0.6 is 0 Å². The van der Waals surface area contributed by atoms with Crippen molar-refractivity contribution in [3.8, 4) is 0 Å². The fourth-order valence-electron chi connectivity index (χ4n) is 2.28. The molecule has 1 atom stereocenters. The highest BCUT2D eigenvalue weighted by molar-refractivity contribution is 5.78. The maximum absolute atomic E-state index is 11.4. The lowest BCUT2D eigenvalue weighted by atomic mass is 9.86. The molecule has 1 aliphatic heterocycles. The van der Waals surface area contributed by atoms with Gasteiger partial charge in [-0.1, -0.05) is 26.7 Å². The molecule has 1 rings (SSSR count). The molecule has 88 valence electrons. The Morgan fingerprint density at radius 1 is 1.20 bits per heavy atom. The van der Waals surface area contributed by atoms with E-state index in [1.54, 1.807) is 0 Å². The van der Waals surface area contributed by atoms with Crippen molar-refractivity contribution in [3.05, 3.63) is 0 Å². The Hall–Kier alpha value is -0.570. The zero-order chi connectivity index (χ0) is 11.5. The highest BCUT2D eigenvalue weighted by atomic mass is 16.4. The van der Waals surface area contributed by atoms with Crippen LogP contribution < -0.4 is 0 Å². The average Bonchev–Trinajstić information content (AvgIpc) is 2.43. The van der Waals surface area contributed by atoms with E-state index < -0.39 is 11.5 Å². The third-order valence-corrected chi connectivity index (χ3v) is 3.82. The van der Waals surface area contributed by atoms with Crippen molar-refractivity contribution in [1.82, 2.24) is 4.90 Å². The number of hydrogen-bond donors (Lipinski definition) is 1. The van der Waals surface area contributed by atoms with Gasteiger partial charge >= 0.3 is 5.97 Å². The summed E-state index contributed by atoms with van der Waals surface area (Å²) in [7, 11) is 0. The molecule has 0 aliphatic carbocycles. The molecule has 0 saturated carbocycles. The van der Waals surface area contributed by atoms with Crippen molar-refractivity contribution in [2.45, 2.75) is 52.0 Å². The molecule has 3 heteroatoms. The van der Waals surface area contributed by atoms with Crippen molar-refractivity contribution in [2.24, 2.45) is 5.92 Å². The predicted molar refractivity (Wildman–Crippen MR) is 60.9 cm³/mol. The van der Waals surface area contributed by atoms with Crippen molar-refractivity contribution >= 4 is 5.97 Å². The summed E-state index contributed by atoms with van der Waals surface area (Å²) in [4.78, 5) is 13.6. The van der Waals surface area contributed by atoms with Crippen LogP contribution in [0.4, 0.5) is 0 Å². The smallest absolute Gasteiger partial charge is 0.324 e. The highest BCUT2D eigenvalue weighted by Crippen LogP contribution is 2.27. The molecule has 0 radical (unpaired) electrons. The average molecular weight is 213 g/mol. The first-order chi connectivity index (χ1) is 6.99. The van der Waals surface area contributed by atoms with Crippen molar-refractivity contribution < 1.29 is 9.90 Å². The lowest BCUT2D eigenvalue weighted by Crippen LogP contribution is -2.56. The van der Waals surface area contributed by atoms with Crippen LogP contribution in [0.15, 0.2) is 0 Å². The number of carboxylic acids is 1. The van der Waals surface area contributed by atoms with E-state index >= 15 is 0 Å². The second kappa shape index (κ2) is 4.97. The summed E-state index contributed by atoms with van der Waals surface area (Å²) in [6.07, 6.45) is 4.75. The molecule has 15 heavy (non-hydrogen) atoms. The Labute approximate surface area is 92.5 Å². The van der Waals surface area contributed by atoms with Crippen molar-refractivity contribution in [1.29, 1.82) is 0 Å². The quantitative estimate of drug-likeness (QED) is 0.782. The molecular formula is C12H23NO2. The number of aliphatic carboxylic acids is 1. The lowest BCUT2D eigenvalue weighted by molar-refractivity contribution is -0.153. The van der Waals surface area contributed by atoms with Gasteiger partial charge in [-0.3, -0.25) is 9.69 Å². The normalized spacial score (nSPS) is 23.5. The summed E-state index contributed by atoms with van der Waals surface area (Å²) in [6.45, 7) is 7.73. The summed E-state index contributed by atoms with van der Waals surface area (Å²) >= 11 is 0. The molecule has 0 amide bonds. The summed E-state index contributed by atoms with van der Waals surface area (Å²) in [5, 5.41) is 9.41. The van der Waals surface area contributed by atoms with E-state index in [0.29, 0.717) is 0 Å². The van der Waals surface area contributed by atoms with E-state index in [2.05, 4.69) is 4.90 Å². The van der Waals surface area contributed by atoms with Crippen LogP contribution in [-0.2, 0) is 4.79 Å². The van der Waals surface area contributed by atoms with Gasteiger partial charge in [-0.05, 0) is 38.8 Å². The number of hydrogen-bond acceptors (Lipinski definition) is 2. The Kier molecular flexibility index (Phi) is 4.14. The second-order valence-corrected chi connectivity index (χ2v) is 5.01. The second-order valence-electron chi connectivity index (χ2n) is 5.01. The summed E-state index contributed by atoms with van der Waals surface area (Å²) in [5.74, 6) is -0.535. The van der Waals surface area contributed by atoms with E-state index in [-0.39, 0.29) is 5.92 Å². The first-order valence-electron chi connectivity index (χ1n) is 5.98. The van der Waals surface area contributed by atoms with Crippen molar-refractivity contribution in [3.63, 3.8) is 0 Å². The Morgan fingerprint density at radius 3 is 2.00 bits per heavy atom. The maximum Gasteiger partial charge on any atom is 0.324 e. The van der Waals surface area contributed by atoms with Crippen LogP contribution in [0.2, 0.25) is 0 Å². The van der Waals surface area contributed by atoms with Gasteiger partial charge in [0, 0.05) is 0 Å².